The van der Waals surface area contributed by atoms with Crippen LogP contribution in [0.4, 0.5) is 5.69 Å². The number of H-pyrrole nitrogens is 1. The van der Waals surface area contributed by atoms with Crippen molar-refractivity contribution < 1.29 is 4.79 Å². The Balaban J connectivity index is 1.57. The van der Waals surface area contributed by atoms with Gasteiger partial charge >= 0.3 is 0 Å². The Morgan fingerprint density at radius 3 is 2.53 bits per heavy atom. The van der Waals surface area contributed by atoms with E-state index in [4.69, 9.17) is 5.73 Å². The molecule has 5 rings (SSSR count). The third kappa shape index (κ3) is 2.81. The number of benzene rings is 2. The van der Waals surface area contributed by atoms with Gasteiger partial charge in [0.1, 0.15) is 0 Å². The van der Waals surface area contributed by atoms with Gasteiger partial charge in [0, 0.05) is 39.3 Å². The minimum absolute atomic E-state index is 0.136. The van der Waals surface area contributed by atoms with Crippen LogP contribution in [-0.4, -0.2) is 34.8 Å². The summed E-state index contributed by atoms with van der Waals surface area (Å²) < 4.78 is 0. The van der Waals surface area contributed by atoms with Crippen LogP contribution < -0.4 is 5.73 Å². The zero-order valence-electron chi connectivity index (χ0n) is 18.4. The van der Waals surface area contributed by atoms with Gasteiger partial charge in [-0.2, -0.15) is 0 Å². The third-order valence-electron chi connectivity index (χ3n) is 7.37. The summed E-state index contributed by atoms with van der Waals surface area (Å²) in [4.78, 5) is 19.7. The van der Waals surface area contributed by atoms with Crippen LogP contribution in [0, 0.1) is 0 Å². The average molecular weight is 402 g/mol. The van der Waals surface area contributed by atoms with Crippen molar-refractivity contribution in [3.05, 3.63) is 64.3 Å². The lowest BCUT2D eigenvalue weighted by Crippen LogP contribution is -2.38. The van der Waals surface area contributed by atoms with Crippen molar-refractivity contribution in [3.63, 3.8) is 0 Å². The number of rotatable bonds is 2. The van der Waals surface area contributed by atoms with Gasteiger partial charge in [0.25, 0.3) is 0 Å². The maximum Gasteiger partial charge on any atom is 0.195 e. The molecular weight excluding hydrogens is 370 g/mol. The minimum atomic E-state index is -0.258. The first-order valence-electron chi connectivity index (χ1n) is 11.1. The van der Waals surface area contributed by atoms with E-state index in [9.17, 15) is 4.79 Å². The summed E-state index contributed by atoms with van der Waals surface area (Å²) in [6.07, 6.45) is 2.32. The van der Waals surface area contributed by atoms with Crippen LogP contribution in [-0.2, 0) is 5.41 Å². The molecule has 156 valence electrons. The number of likely N-dealkylation sites (tertiary alicyclic amines) is 1. The molecule has 1 aliphatic heterocycles. The Bertz CT molecular complexity index is 1150. The Hall–Kier alpha value is -2.59. The number of fused-ring (bicyclic) bond motifs is 4. The van der Waals surface area contributed by atoms with Gasteiger partial charge in [-0.25, -0.2) is 0 Å². The molecule has 4 heteroatoms. The number of hydrogen-bond acceptors (Lipinski definition) is 3. The molecule has 0 unspecified atom stereocenters. The van der Waals surface area contributed by atoms with Crippen molar-refractivity contribution in [2.45, 2.75) is 57.9 Å². The van der Waals surface area contributed by atoms with Crippen LogP contribution >= 0.6 is 0 Å². The molecule has 4 nitrogen and oxygen atoms in total. The second kappa shape index (κ2) is 6.71. The number of nitrogens with two attached hydrogens (primary N) is 1. The number of aromatic nitrogens is 1. The van der Waals surface area contributed by atoms with Crippen molar-refractivity contribution in [2.24, 2.45) is 0 Å². The Kier molecular flexibility index (Phi) is 4.33. The SMILES string of the molecule is CC(C)N1CCC(c2ccc3c(c2)C(=O)c2c([nH]c4cc(N)ccc24)C3(C)C)CC1. The average Bonchev–Trinajstić information content (AvgIpc) is 3.12. The molecule has 0 saturated carbocycles. The highest BCUT2D eigenvalue weighted by atomic mass is 16.1. The number of carbonyl (C=O) groups excluding carboxylic acids is 1. The maximum absolute atomic E-state index is 13.7. The number of nitrogens with zero attached hydrogens (tertiary/aromatic N) is 1. The lowest BCUT2D eigenvalue weighted by atomic mass is 9.70. The zero-order valence-corrected chi connectivity index (χ0v) is 18.4. The highest BCUT2D eigenvalue weighted by molar-refractivity contribution is 6.20. The summed E-state index contributed by atoms with van der Waals surface area (Å²) in [5.41, 5.74) is 12.5. The second-order valence-corrected chi connectivity index (χ2v) is 9.84. The van der Waals surface area contributed by atoms with E-state index in [1.54, 1.807) is 0 Å². The largest absolute Gasteiger partial charge is 0.399 e. The molecule has 2 aliphatic rings. The van der Waals surface area contributed by atoms with E-state index in [1.165, 1.54) is 5.56 Å². The van der Waals surface area contributed by atoms with E-state index in [2.05, 4.69) is 55.8 Å². The summed E-state index contributed by atoms with van der Waals surface area (Å²) in [5.74, 6) is 0.669. The molecule has 1 fully saturated rings. The zero-order chi connectivity index (χ0) is 21.2. The van der Waals surface area contributed by atoms with Gasteiger partial charge < -0.3 is 15.6 Å². The van der Waals surface area contributed by atoms with Gasteiger partial charge in [-0.3, -0.25) is 4.79 Å². The quantitative estimate of drug-likeness (QED) is 0.580. The molecule has 3 N–H and O–H groups in total. The summed E-state index contributed by atoms with van der Waals surface area (Å²) in [5, 5.41) is 0.971. The number of carbonyl (C=O) groups is 1. The number of nitrogen functional groups attached to an aromatic ring is 1. The third-order valence-corrected chi connectivity index (χ3v) is 7.37. The fourth-order valence-electron chi connectivity index (χ4n) is 5.49. The first-order chi connectivity index (χ1) is 14.3. The van der Waals surface area contributed by atoms with E-state index in [-0.39, 0.29) is 11.2 Å². The summed E-state index contributed by atoms with van der Waals surface area (Å²) in [7, 11) is 0. The van der Waals surface area contributed by atoms with E-state index >= 15 is 0 Å². The number of aromatic amines is 1. The van der Waals surface area contributed by atoms with E-state index in [1.807, 2.05) is 18.2 Å². The number of anilines is 1. The van der Waals surface area contributed by atoms with Gasteiger partial charge in [0.15, 0.2) is 5.78 Å². The van der Waals surface area contributed by atoms with Crippen LogP contribution in [0.15, 0.2) is 36.4 Å². The molecule has 1 aromatic heterocycles. The van der Waals surface area contributed by atoms with Crippen LogP contribution in [0.25, 0.3) is 10.9 Å². The predicted octanol–water partition coefficient (Wildman–Crippen LogP) is 5.21. The molecule has 1 saturated heterocycles. The van der Waals surface area contributed by atoms with E-state index < -0.39 is 0 Å². The fourth-order valence-corrected chi connectivity index (χ4v) is 5.49. The lowest BCUT2D eigenvalue weighted by Gasteiger charge is -2.36. The van der Waals surface area contributed by atoms with Gasteiger partial charge in [-0.1, -0.05) is 32.0 Å². The molecular formula is C26H31N3O. The Labute approximate surface area is 178 Å². The molecule has 0 bridgehead atoms. The summed E-state index contributed by atoms with van der Waals surface area (Å²) >= 11 is 0. The Morgan fingerprint density at radius 1 is 1.10 bits per heavy atom. The number of ketones is 1. The monoisotopic (exact) mass is 401 g/mol. The smallest absolute Gasteiger partial charge is 0.195 e. The van der Waals surface area contributed by atoms with Crippen molar-refractivity contribution >= 4 is 22.4 Å². The van der Waals surface area contributed by atoms with Gasteiger partial charge in [0.05, 0.1) is 5.56 Å². The van der Waals surface area contributed by atoms with Crippen molar-refractivity contribution in [2.75, 3.05) is 18.8 Å². The van der Waals surface area contributed by atoms with Gasteiger partial charge in [-0.05, 0) is 75.0 Å². The molecule has 0 radical (unpaired) electrons. The van der Waals surface area contributed by atoms with Crippen molar-refractivity contribution in [1.29, 1.82) is 0 Å². The fraction of sp³-hybridized carbons (Fsp3) is 0.423. The molecule has 0 amide bonds. The van der Waals surface area contributed by atoms with Crippen LogP contribution in [0.3, 0.4) is 0 Å². The molecule has 0 spiro atoms. The number of piperidine rings is 1. The van der Waals surface area contributed by atoms with E-state index in [0.717, 1.165) is 59.2 Å². The first-order valence-corrected chi connectivity index (χ1v) is 11.1. The Morgan fingerprint density at radius 2 is 1.83 bits per heavy atom. The molecule has 1 aliphatic carbocycles. The highest BCUT2D eigenvalue weighted by Gasteiger charge is 2.40. The first kappa shape index (κ1) is 19.4. The minimum Gasteiger partial charge on any atom is -0.399 e. The van der Waals surface area contributed by atoms with E-state index in [0.29, 0.717) is 17.6 Å². The predicted molar refractivity (Wildman–Crippen MR) is 123 cm³/mol. The molecule has 2 aromatic carbocycles. The van der Waals surface area contributed by atoms with Gasteiger partial charge in [-0.15, -0.1) is 0 Å². The number of nitrogens with one attached hydrogen (secondary N) is 1. The maximum atomic E-state index is 13.7. The lowest BCUT2D eigenvalue weighted by molar-refractivity contribution is 0.103. The topological polar surface area (TPSA) is 62.1 Å². The van der Waals surface area contributed by atoms with Crippen LogP contribution in [0.1, 0.15) is 79.2 Å². The molecule has 30 heavy (non-hydrogen) atoms. The molecule has 3 aromatic rings. The van der Waals surface area contributed by atoms with Crippen LogP contribution in [0.5, 0.6) is 0 Å². The van der Waals surface area contributed by atoms with Crippen molar-refractivity contribution in [1.82, 2.24) is 9.88 Å². The normalized spacial score (nSPS) is 19.3. The molecule has 2 heterocycles. The van der Waals surface area contributed by atoms with Crippen LogP contribution in [0.2, 0.25) is 0 Å². The molecule has 0 atom stereocenters. The second-order valence-electron chi connectivity index (χ2n) is 9.84. The summed E-state index contributed by atoms with van der Waals surface area (Å²) in [6.45, 7) is 11.2. The van der Waals surface area contributed by atoms with Gasteiger partial charge in [0.2, 0.25) is 0 Å². The number of hydrogen-bond donors (Lipinski definition) is 2. The van der Waals surface area contributed by atoms with Crippen molar-refractivity contribution in [3.8, 4) is 0 Å². The summed E-state index contributed by atoms with van der Waals surface area (Å²) in [6, 6.07) is 13.0. The highest BCUT2D eigenvalue weighted by Crippen LogP contribution is 2.45. The standard InChI is InChI=1S/C26H31N3O/c1-15(2)29-11-9-16(10-12-29)17-5-8-21-20(13-17)24(30)23-19-7-6-18(27)14-22(19)28-25(23)26(21,3)4/h5-8,13-16,28H,9-12,27H2,1-4H3.